The van der Waals surface area contributed by atoms with E-state index in [4.69, 9.17) is 9.47 Å². The molecule has 0 radical (unpaired) electrons. The number of halogens is 1. The molecule has 164 valence electrons. The van der Waals surface area contributed by atoms with Crippen molar-refractivity contribution in [1.29, 1.82) is 0 Å². The minimum atomic E-state index is -0.564. The van der Waals surface area contributed by atoms with E-state index in [1.807, 2.05) is 25.8 Å². The molecule has 1 aromatic rings. The molecular weight excluding hydrogens is 394 g/mol. The van der Waals surface area contributed by atoms with Crippen molar-refractivity contribution in [2.24, 2.45) is 11.8 Å². The average Bonchev–Trinajstić information content (AvgIpc) is 2.71. The normalized spacial score (nSPS) is 15.4. The highest BCUT2D eigenvalue weighted by atomic mass is 35.5. The van der Waals surface area contributed by atoms with Crippen LogP contribution in [0.25, 0.3) is 0 Å². The lowest BCUT2D eigenvalue weighted by molar-refractivity contribution is -0.135. The van der Waals surface area contributed by atoms with E-state index in [9.17, 15) is 9.59 Å². The molecule has 2 amide bonds. The standard InChI is InChI=1S/C21H33N3O4.ClH/c1-14(2)19(21(26)24-8-6-15(7-9-24)13-22-3)23-20(25)16-10-17(27-4)12-18(11-16)28-5;/h10-12,14-15,19,22H,6-9,13H2,1-5H3,(H,23,25);1H. The van der Waals surface area contributed by atoms with E-state index >= 15 is 0 Å². The Balaban J connectivity index is 0.00000420. The van der Waals surface area contributed by atoms with Crippen molar-refractivity contribution in [3.63, 3.8) is 0 Å². The van der Waals surface area contributed by atoms with Crippen LogP contribution < -0.4 is 20.1 Å². The number of benzene rings is 1. The fraction of sp³-hybridized carbons (Fsp3) is 0.619. The molecule has 7 nitrogen and oxygen atoms in total. The van der Waals surface area contributed by atoms with E-state index in [-0.39, 0.29) is 30.1 Å². The van der Waals surface area contributed by atoms with Crippen LogP contribution >= 0.6 is 12.4 Å². The monoisotopic (exact) mass is 427 g/mol. The molecule has 2 rings (SSSR count). The second-order valence-electron chi connectivity index (χ2n) is 7.62. The topological polar surface area (TPSA) is 79.9 Å². The lowest BCUT2D eigenvalue weighted by atomic mass is 9.95. The van der Waals surface area contributed by atoms with Gasteiger partial charge in [0.1, 0.15) is 17.5 Å². The van der Waals surface area contributed by atoms with E-state index in [1.165, 1.54) is 14.2 Å². The number of nitrogens with zero attached hydrogens (tertiary/aromatic N) is 1. The third kappa shape index (κ3) is 6.78. The van der Waals surface area contributed by atoms with Crippen LogP contribution in [0, 0.1) is 11.8 Å². The van der Waals surface area contributed by atoms with Crippen molar-refractivity contribution < 1.29 is 19.1 Å². The van der Waals surface area contributed by atoms with Crippen LogP contribution in [-0.2, 0) is 4.79 Å². The van der Waals surface area contributed by atoms with Crippen LogP contribution in [0.1, 0.15) is 37.0 Å². The first-order valence-corrected chi connectivity index (χ1v) is 9.86. The van der Waals surface area contributed by atoms with Crippen molar-refractivity contribution in [3.05, 3.63) is 23.8 Å². The van der Waals surface area contributed by atoms with Gasteiger partial charge in [0, 0.05) is 24.7 Å². The summed E-state index contributed by atoms with van der Waals surface area (Å²) < 4.78 is 10.5. The van der Waals surface area contributed by atoms with E-state index < -0.39 is 6.04 Å². The number of nitrogens with one attached hydrogen (secondary N) is 2. The first-order valence-electron chi connectivity index (χ1n) is 9.86. The molecule has 0 aliphatic carbocycles. The minimum absolute atomic E-state index is 0. The number of carbonyl (C=O) groups excluding carboxylic acids is 2. The van der Waals surface area contributed by atoms with E-state index in [0.717, 1.165) is 32.5 Å². The fourth-order valence-corrected chi connectivity index (χ4v) is 3.52. The van der Waals surface area contributed by atoms with E-state index in [2.05, 4.69) is 10.6 Å². The third-order valence-corrected chi connectivity index (χ3v) is 5.25. The smallest absolute Gasteiger partial charge is 0.252 e. The molecular formula is C21H34ClN3O4. The molecule has 2 N–H and O–H groups in total. The molecule has 1 heterocycles. The number of hydrogen-bond donors (Lipinski definition) is 2. The summed E-state index contributed by atoms with van der Waals surface area (Å²) in [6.07, 6.45) is 1.97. The second-order valence-corrected chi connectivity index (χ2v) is 7.62. The van der Waals surface area contributed by atoms with Gasteiger partial charge in [-0.2, -0.15) is 0 Å². The first kappa shape index (κ1) is 25.0. The Bertz CT molecular complexity index is 654. The lowest BCUT2D eigenvalue weighted by Gasteiger charge is -2.35. The van der Waals surface area contributed by atoms with Gasteiger partial charge < -0.3 is 25.0 Å². The maximum Gasteiger partial charge on any atom is 0.252 e. The quantitative estimate of drug-likeness (QED) is 0.665. The lowest BCUT2D eigenvalue weighted by Crippen LogP contribution is -2.53. The number of methoxy groups -OCH3 is 2. The Labute approximate surface area is 179 Å². The summed E-state index contributed by atoms with van der Waals surface area (Å²) in [5.41, 5.74) is 0.405. The summed E-state index contributed by atoms with van der Waals surface area (Å²) >= 11 is 0. The highest BCUT2D eigenvalue weighted by Crippen LogP contribution is 2.23. The SMILES string of the molecule is CNCC1CCN(C(=O)C(NC(=O)c2cc(OC)cc(OC)c2)C(C)C)CC1.Cl. The highest BCUT2D eigenvalue weighted by Gasteiger charge is 2.31. The maximum absolute atomic E-state index is 13.1. The van der Waals surface area contributed by atoms with Gasteiger partial charge in [0.05, 0.1) is 14.2 Å². The van der Waals surface area contributed by atoms with Gasteiger partial charge in [0.25, 0.3) is 5.91 Å². The van der Waals surface area contributed by atoms with Crippen molar-refractivity contribution in [2.45, 2.75) is 32.7 Å². The van der Waals surface area contributed by atoms with Crippen molar-refractivity contribution >= 4 is 24.2 Å². The molecule has 1 aliphatic heterocycles. The van der Waals surface area contributed by atoms with Crippen molar-refractivity contribution in [1.82, 2.24) is 15.5 Å². The van der Waals surface area contributed by atoms with Crippen LogP contribution in [0.15, 0.2) is 18.2 Å². The van der Waals surface area contributed by atoms with Crippen LogP contribution in [0.4, 0.5) is 0 Å². The number of likely N-dealkylation sites (tertiary alicyclic amines) is 1. The molecule has 1 atom stereocenters. The summed E-state index contributed by atoms with van der Waals surface area (Å²) in [6, 6.07) is 4.42. The molecule has 0 saturated carbocycles. The number of hydrogen-bond acceptors (Lipinski definition) is 5. The average molecular weight is 428 g/mol. The Kier molecular flexibility index (Phi) is 10.3. The number of piperidine rings is 1. The third-order valence-electron chi connectivity index (χ3n) is 5.25. The van der Waals surface area contributed by atoms with Gasteiger partial charge in [0.2, 0.25) is 5.91 Å². The fourth-order valence-electron chi connectivity index (χ4n) is 3.52. The Morgan fingerprint density at radius 2 is 1.66 bits per heavy atom. The van der Waals surface area contributed by atoms with Gasteiger partial charge in [0.15, 0.2) is 0 Å². The molecule has 8 heteroatoms. The zero-order valence-corrected chi connectivity index (χ0v) is 18.8. The summed E-state index contributed by atoms with van der Waals surface area (Å²) in [5.74, 6) is 1.33. The predicted molar refractivity (Wildman–Crippen MR) is 116 cm³/mol. The Morgan fingerprint density at radius 1 is 1.10 bits per heavy atom. The zero-order valence-electron chi connectivity index (χ0n) is 18.0. The van der Waals surface area contributed by atoms with Gasteiger partial charge in [-0.15, -0.1) is 12.4 Å². The molecule has 1 saturated heterocycles. The van der Waals surface area contributed by atoms with Gasteiger partial charge in [-0.1, -0.05) is 13.8 Å². The summed E-state index contributed by atoms with van der Waals surface area (Å²) in [4.78, 5) is 27.8. The van der Waals surface area contributed by atoms with Crippen molar-refractivity contribution in [3.8, 4) is 11.5 Å². The molecule has 1 aliphatic rings. The van der Waals surface area contributed by atoms with Crippen LogP contribution in [0.3, 0.4) is 0 Å². The van der Waals surface area contributed by atoms with Crippen LogP contribution in [0.5, 0.6) is 11.5 Å². The van der Waals surface area contributed by atoms with E-state index in [1.54, 1.807) is 18.2 Å². The molecule has 29 heavy (non-hydrogen) atoms. The summed E-state index contributed by atoms with van der Waals surface area (Å²) in [6.45, 7) is 6.34. The van der Waals surface area contributed by atoms with Gasteiger partial charge in [-0.05, 0) is 50.4 Å². The highest BCUT2D eigenvalue weighted by molar-refractivity contribution is 5.98. The Morgan fingerprint density at radius 3 is 2.10 bits per heavy atom. The van der Waals surface area contributed by atoms with Gasteiger partial charge in [-0.25, -0.2) is 0 Å². The molecule has 0 spiro atoms. The van der Waals surface area contributed by atoms with E-state index in [0.29, 0.717) is 23.0 Å². The van der Waals surface area contributed by atoms with Crippen LogP contribution in [0.2, 0.25) is 0 Å². The molecule has 0 aromatic heterocycles. The number of amides is 2. The molecule has 1 unspecified atom stereocenters. The van der Waals surface area contributed by atoms with Crippen LogP contribution in [-0.4, -0.2) is 63.7 Å². The van der Waals surface area contributed by atoms with Crippen molar-refractivity contribution in [2.75, 3.05) is 40.9 Å². The zero-order chi connectivity index (χ0) is 20.7. The first-order chi connectivity index (χ1) is 13.4. The summed E-state index contributed by atoms with van der Waals surface area (Å²) in [5, 5.41) is 6.12. The molecule has 0 bridgehead atoms. The molecule has 1 aromatic carbocycles. The maximum atomic E-state index is 13.1. The number of ether oxygens (including phenoxy) is 2. The predicted octanol–water partition coefficient (Wildman–Crippen LogP) is 2.34. The number of rotatable bonds is 8. The minimum Gasteiger partial charge on any atom is -0.497 e. The largest absolute Gasteiger partial charge is 0.497 e. The second kappa shape index (κ2) is 11.9. The number of carbonyl (C=O) groups is 2. The van der Waals surface area contributed by atoms with Gasteiger partial charge in [-0.3, -0.25) is 9.59 Å². The van der Waals surface area contributed by atoms with Gasteiger partial charge >= 0.3 is 0 Å². The molecule has 1 fully saturated rings. The Hall–Kier alpha value is -1.99. The summed E-state index contributed by atoms with van der Waals surface area (Å²) in [7, 11) is 5.03.